The Bertz CT molecular complexity index is 4120. The molecular formula is C71H87Br2ClFN12NaO26+2. The van der Waals surface area contributed by atoms with Crippen molar-refractivity contribution in [3.05, 3.63) is 248 Å². The molecule has 0 atom stereocenters. The van der Waals surface area contributed by atoms with Crippen molar-refractivity contribution in [2.24, 2.45) is 0 Å². The quantitative estimate of drug-likeness (QED) is 0.00789. The van der Waals surface area contributed by atoms with Crippen molar-refractivity contribution in [1.82, 2.24) is 0 Å². The average molecular weight is 1760 g/mol. The second-order valence-corrected chi connectivity index (χ2v) is 27.2. The zero-order chi connectivity index (χ0) is 82.6. The normalized spacial score (nSPS) is 13.1. The zero-order valence-electron chi connectivity index (χ0n) is 63.7. The number of carboxylic acid groups (broad SMARTS) is 1. The molecule has 6 aromatic rings. The average Bonchev–Trinajstić information content (AvgIpc) is 0.813. The third-order valence-electron chi connectivity index (χ3n) is 18.6. The number of quaternary nitrogens is 4. The van der Waals surface area contributed by atoms with E-state index in [1.165, 1.54) is 72.8 Å². The van der Waals surface area contributed by atoms with Gasteiger partial charge in [-0.25, -0.2) is 9.59 Å². The number of nitrogens with zero attached hydrogens (tertiary/aromatic N) is 12. The van der Waals surface area contributed by atoms with Gasteiger partial charge >= 0.3 is 47.8 Å². The summed E-state index contributed by atoms with van der Waals surface area (Å²) in [5.41, 5.74) is 2.74. The first-order valence-electron chi connectivity index (χ1n) is 35.3. The van der Waals surface area contributed by atoms with Gasteiger partial charge < -0.3 is 85.5 Å². The molecule has 0 spiro atoms. The van der Waals surface area contributed by atoms with Crippen LogP contribution in [0.2, 0.25) is 0 Å². The van der Waals surface area contributed by atoms with Gasteiger partial charge in [0.15, 0.2) is 6.07 Å². The molecule has 0 bridgehead atoms. The van der Waals surface area contributed by atoms with Gasteiger partial charge in [0.1, 0.15) is 65.6 Å². The predicted molar refractivity (Wildman–Crippen MR) is 391 cm³/mol. The maximum absolute atomic E-state index is 12.5. The van der Waals surface area contributed by atoms with Crippen LogP contribution in [0.25, 0.3) is 0 Å². The van der Waals surface area contributed by atoms with Crippen LogP contribution in [0.4, 0.5) is 59.5 Å². The molecule has 0 radical (unpaired) electrons. The van der Waals surface area contributed by atoms with Crippen LogP contribution in [0.3, 0.4) is 0 Å². The number of carbonyl (C=O) groups excluding carboxylic acids is 4. The fourth-order valence-corrected chi connectivity index (χ4v) is 13.3. The zero-order valence-corrected chi connectivity index (χ0v) is 68.6. The largest absolute Gasteiger partial charge is 1.00 e. The molecule has 2 saturated heterocycles. The Labute approximate surface area is 702 Å². The van der Waals surface area contributed by atoms with Gasteiger partial charge in [0.2, 0.25) is 6.79 Å². The molecular weight excluding hydrogens is 1670 g/mol. The number of alkyl halides is 2. The number of nitro benzene ring substituents is 8. The summed E-state index contributed by atoms with van der Waals surface area (Å²) in [6.07, 6.45) is 4.71. The van der Waals surface area contributed by atoms with Crippen molar-refractivity contribution in [3.8, 4) is 0 Å². The minimum Gasteiger partial charge on any atom is -1.00 e. The van der Waals surface area contributed by atoms with Crippen LogP contribution in [0.5, 0.6) is 0 Å². The molecule has 2 heterocycles. The standard InChI is InChI=1S/C35H42N6O13.C19H21ClN3O7.C16H21N3O6.CH3F.2BrH.Na/c1-40(23-27-7-12-30(13-8-27)36(44)45,24-28-9-14-31(15-10-28)37(46)47)20-21-52-35(43)54-26-53-34(42)6-5-19-41(17-3-2-4-18-41)25-29-11-16-32(38(48)49)22-33(29)39(50)51;1-23(10-11-29-19(24)30-14-20,12-15-2-6-17(7-3-15)21(25)26)13-16-4-8-18(9-5-16)22(27)28;20-16(21)5-4-10-19(8-2-1-3-9-19)12-13-6-7-14(17(22)23)11-15(13)18(24)25;1-2;;;/h7-16,22H,2-6,17-21,23-26H2,1H3;2-9H,10-14H2,1H3;6-7,11H,1-5,8-10,12H2;1H3;2*1H;/q+2;+1;;;;;+1/p-2/i;;;1D;;;. The van der Waals surface area contributed by atoms with Crippen LogP contribution in [0.1, 0.15) is 99.0 Å². The first-order valence-corrected chi connectivity index (χ1v) is 35.2. The van der Waals surface area contributed by atoms with Crippen LogP contribution in [-0.4, -0.2) is 181 Å². The summed E-state index contributed by atoms with van der Waals surface area (Å²) >= 11 is 5.33. The van der Waals surface area contributed by atoms with E-state index in [1.54, 1.807) is 48.5 Å². The summed E-state index contributed by atoms with van der Waals surface area (Å²) < 4.78 is 42.0. The summed E-state index contributed by atoms with van der Waals surface area (Å²) in [6.45, 7) is 6.60. The number of aliphatic carboxylic acids is 1. The number of esters is 1. The van der Waals surface area contributed by atoms with E-state index >= 15 is 0 Å². The molecule has 0 unspecified atom stereocenters. The number of hydrogen-bond acceptors (Lipinski definition) is 26. The topological polar surface area (TPSA) is 483 Å². The Balaban J connectivity index is 0.000000621. The summed E-state index contributed by atoms with van der Waals surface area (Å²) in [7, 11) is 2.81. The number of hydrogen-bond donors (Lipinski definition) is 0. The van der Waals surface area contributed by atoms with Crippen molar-refractivity contribution in [2.45, 2.75) is 103 Å². The maximum atomic E-state index is 12.5. The number of ether oxygens (including phenoxy) is 5. The van der Waals surface area contributed by atoms with Gasteiger partial charge in [-0.15, -0.1) is 0 Å². The van der Waals surface area contributed by atoms with Gasteiger partial charge in [-0.1, -0.05) is 11.6 Å². The monoisotopic (exact) mass is 1760 g/mol. The SMILES string of the molecule is C[N+](CCOC(=O)OCCl)(Cc1ccc([N+](=O)[O-])cc1)Cc1ccc([N+](=O)[O-])cc1.C[N+](CCOC(=O)OCOC(=O)CCC[N+]1(Cc2ccc([N+](=O)[O-])cc2[N+](=O)[O-])CCCCC1)(Cc1ccc([N+](=O)[O-])cc1)Cc1ccc([N+](=O)[O-])cc1.O=C([O-])CCC[N+]1(Cc2ccc([N+](=O)[O-])cc2[N+](=O)[O-])CCCCC1.[2H]CF.[Br-].[Br-].[Na+]. The number of nitro groups is 8. The molecule has 2 aliphatic heterocycles. The van der Waals surface area contributed by atoms with Crippen LogP contribution >= 0.6 is 11.6 Å². The van der Waals surface area contributed by atoms with Crippen LogP contribution in [0.15, 0.2) is 133 Å². The number of carboxylic acids is 1. The van der Waals surface area contributed by atoms with Gasteiger partial charge in [0.25, 0.3) is 45.5 Å². The molecule has 114 heavy (non-hydrogen) atoms. The third kappa shape index (κ3) is 34.0. The first-order chi connectivity index (χ1) is 53.1. The van der Waals surface area contributed by atoms with Crippen LogP contribution in [0, 0.1) is 80.9 Å². The maximum Gasteiger partial charge on any atom is 1.00 e. The Hall–Kier alpha value is -9.98. The van der Waals surface area contributed by atoms with Crippen molar-refractivity contribution < 1.29 is 175 Å². The number of likely N-dealkylation sites (N-methyl/N-ethyl adjacent to an activating group) is 2. The van der Waals surface area contributed by atoms with E-state index in [4.69, 9.17) is 31.9 Å². The molecule has 2 fully saturated rings. The molecule has 0 amide bonds. The van der Waals surface area contributed by atoms with E-state index < -0.39 is 77.6 Å². The van der Waals surface area contributed by atoms with E-state index in [0.717, 1.165) is 99.1 Å². The van der Waals surface area contributed by atoms with E-state index in [9.17, 15) is 110 Å². The van der Waals surface area contributed by atoms with Crippen molar-refractivity contribution in [1.29, 1.82) is 0 Å². The second kappa shape index (κ2) is 49.6. The van der Waals surface area contributed by atoms with E-state index in [-0.39, 0.29) is 159 Å². The van der Waals surface area contributed by atoms with Gasteiger partial charge in [-0.05, 0) is 106 Å². The van der Waals surface area contributed by atoms with E-state index in [2.05, 4.69) is 4.74 Å². The molecule has 2 aliphatic rings. The fraction of sp³-hybridized carbons (Fsp3) is 0.437. The molecule has 43 heteroatoms. The van der Waals surface area contributed by atoms with Crippen molar-refractivity contribution >= 4 is 81.3 Å². The van der Waals surface area contributed by atoms with Gasteiger partial charge in [-0.2, -0.15) is 0 Å². The number of non-ortho nitro benzene ring substituents is 6. The molecule has 0 aliphatic carbocycles. The van der Waals surface area contributed by atoms with Crippen molar-refractivity contribution in [2.75, 3.05) is 99.7 Å². The van der Waals surface area contributed by atoms with Crippen molar-refractivity contribution in [3.63, 3.8) is 0 Å². The molecule has 8 rings (SSSR count). The molecule has 38 nitrogen and oxygen atoms in total. The minimum absolute atomic E-state index is 0. The molecule has 614 valence electrons. The van der Waals surface area contributed by atoms with Crippen LogP contribution < -0.4 is 68.6 Å². The fourth-order valence-electron chi connectivity index (χ4n) is 13.2. The van der Waals surface area contributed by atoms with Crippen LogP contribution in [-0.2, 0) is 72.5 Å². The summed E-state index contributed by atoms with van der Waals surface area (Å²) in [4.78, 5) is 131. The number of halogens is 4. The molecule has 6 aromatic carbocycles. The van der Waals surface area contributed by atoms with E-state index in [1.807, 2.05) is 14.1 Å². The Morgan fingerprint density at radius 3 is 1.01 bits per heavy atom. The predicted octanol–water partition coefficient (Wildman–Crippen LogP) is 3.23. The van der Waals surface area contributed by atoms with Gasteiger partial charge in [0.05, 0.1) is 131 Å². The molecule has 0 aromatic heterocycles. The number of benzene rings is 6. The number of piperidine rings is 2. The minimum atomic E-state index is -1.10. The van der Waals surface area contributed by atoms with Gasteiger partial charge in [0, 0.05) is 102 Å². The smallest absolute Gasteiger partial charge is 1.00 e. The summed E-state index contributed by atoms with van der Waals surface area (Å²) in [5.74, 6) is -1.72. The second-order valence-electron chi connectivity index (χ2n) is 26.9. The van der Waals surface area contributed by atoms with E-state index in [0.29, 0.717) is 89.8 Å². The number of carbonyl (C=O) groups is 4. The summed E-state index contributed by atoms with van der Waals surface area (Å²) in [6, 6.07) is 31.6. The summed E-state index contributed by atoms with van der Waals surface area (Å²) in [5, 5.41) is 99.7. The Morgan fingerprint density at radius 1 is 0.439 bits per heavy atom. The Morgan fingerprint density at radius 2 is 0.728 bits per heavy atom. The molecule has 0 N–H and O–H groups in total. The number of rotatable bonds is 37. The Kier molecular flexibility index (Phi) is 42.7. The number of likely N-dealkylation sites (tertiary alicyclic amines) is 2. The third-order valence-corrected chi connectivity index (χ3v) is 18.7. The molecule has 0 saturated carbocycles. The first kappa shape index (κ1) is 98.2. The van der Waals surface area contributed by atoms with Gasteiger partial charge in [-0.3, -0.25) is 90.1 Å².